The van der Waals surface area contributed by atoms with Gasteiger partial charge in [0.05, 0.1) is 11.1 Å². The summed E-state index contributed by atoms with van der Waals surface area (Å²) in [6.45, 7) is 6.20. The van der Waals surface area contributed by atoms with Crippen molar-refractivity contribution in [1.82, 2.24) is 15.3 Å². The molecule has 1 unspecified atom stereocenters. The molecular formula is C17H24N4OS2. The second kappa shape index (κ2) is 7.27. The summed E-state index contributed by atoms with van der Waals surface area (Å²) in [5.41, 5.74) is 7.54. The van der Waals surface area contributed by atoms with Gasteiger partial charge in [0.25, 0.3) is 0 Å². The van der Waals surface area contributed by atoms with Gasteiger partial charge in [-0.05, 0) is 44.1 Å². The molecule has 1 atom stereocenters. The second-order valence-electron chi connectivity index (χ2n) is 6.67. The molecule has 1 aliphatic rings. The number of nitrogens with one attached hydrogen (secondary N) is 1. The van der Waals surface area contributed by atoms with Gasteiger partial charge in [0, 0.05) is 10.9 Å². The molecule has 7 heteroatoms. The van der Waals surface area contributed by atoms with Crippen molar-refractivity contribution in [3.63, 3.8) is 0 Å². The molecular weight excluding hydrogens is 340 g/mol. The van der Waals surface area contributed by atoms with E-state index in [-0.39, 0.29) is 11.9 Å². The summed E-state index contributed by atoms with van der Waals surface area (Å²) in [5, 5.41) is 4.62. The number of carbonyl (C=O) groups excluding carboxylic acids is 1. The van der Waals surface area contributed by atoms with E-state index in [1.807, 2.05) is 6.92 Å². The lowest BCUT2D eigenvalue weighted by Crippen LogP contribution is -2.37. The minimum atomic E-state index is 0.00828. The van der Waals surface area contributed by atoms with Crippen LogP contribution < -0.4 is 11.1 Å². The van der Waals surface area contributed by atoms with Crippen molar-refractivity contribution in [3.05, 3.63) is 10.4 Å². The number of amides is 1. The number of nitrogens with two attached hydrogens (primary N) is 1. The lowest BCUT2D eigenvalue weighted by Gasteiger charge is -2.17. The molecule has 0 saturated heterocycles. The molecule has 0 radical (unpaired) electrons. The molecule has 3 N–H and O–H groups in total. The Morgan fingerprint density at radius 1 is 1.29 bits per heavy atom. The Labute approximate surface area is 150 Å². The lowest BCUT2D eigenvalue weighted by atomic mass is 9.97. The van der Waals surface area contributed by atoms with Gasteiger partial charge in [-0.25, -0.2) is 9.97 Å². The third kappa shape index (κ3) is 3.67. The standard InChI is InChI=1S/C17H24N4OS2/c1-9(2)10(3)19-13(22)8-23-17-20-15(18)14-11-6-4-5-7-12(11)24-16(14)21-17/h9-10H,4-8H2,1-3H3,(H,19,22)(H2,18,20,21). The van der Waals surface area contributed by atoms with Gasteiger partial charge in [0.1, 0.15) is 10.6 Å². The van der Waals surface area contributed by atoms with Gasteiger partial charge >= 0.3 is 0 Å². The van der Waals surface area contributed by atoms with Gasteiger partial charge in [0.15, 0.2) is 5.16 Å². The van der Waals surface area contributed by atoms with E-state index in [1.54, 1.807) is 11.3 Å². The Kier molecular flexibility index (Phi) is 5.30. The number of nitrogens with zero attached hydrogens (tertiary/aromatic N) is 2. The van der Waals surface area contributed by atoms with Crippen LogP contribution >= 0.6 is 23.1 Å². The average Bonchev–Trinajstić information content (AvgIpc) is 2.91. The van der Waals surface area contributed by atoms with Crippen molar-refractivity contribution in [2.24, 2.45) is 5.92 Å². The summed E-state index contributed by atoms with van der Waals surface area (Å²) < 4.78 is 0. The molecule has 2 heterocycles. The van der Waals surface area contributed by atoms with Crippen LogP contribution in [0.25, 0.3) is 10.2 Å². The molecule has 0 aromatic carbocycles. The minimum absolute atomic E-state index is 0.00828. The topological polar surface area (TPSA) is 80.9 Å². The first-order valence-corrected chi connectivity index (χ1v) is 10.3. The minimum Gasteiger partial charge on any atom is -0.383 e. The third-order valence-electron chi connectivity index (χ3n) is 4.54. The lowest BCUT2D eigenvalue weighted by molar-refractivity contribution is -0.119. The molecule has 0 fully saturated rings. The first-order valence-electron chi connectivity index (χ1n) is 8.45. The van der Waals surface area contributed by atoms with E-state index in [2.05, 4.69) is 29.1 Å². The fraction of sp³-hybridized carbons (Fsp3) is 0.588. The maximum absolute atomic E-state index is 12.0. The van der Waals surface area contributed by atoms with Crippen molar-refractivity contribution in [3.8, 4) is 0 Å². The molecule has 0 spiro atoms. The smallest absolute Gasteiger partial charge is 0.230 e. The Bertz CT molecular complexity index is 757. The number of rotatable bonds is 5. The number of aromatic nitrogens is 2. The Morgan fingerprint density at radius 2 is 2.04 bits per heavy atom. The molecule has 5 nitrogen and oxygen atoms in total. The van der Waals surface area contributed by atoms with E-state index in [1.165, 1.54) is 35.0 Å². The van der Waals surface area contributed by atoms with Gasteiger partial charge < -0.3 is 11.1 Å². The first-order chi connectivity index (χ1) is 11.5. The summed E-state index contributed by atoms with van der Waals surface area (Å²) in [7, 11) is 0. The number of aryl methyl sites for hydroxylation is 2. The molecule has 24 heavy (non-hydrogen) atoms. The van der Waals surface area contributed by atoms with E-state index in [0.29, 0.717) is 22.6 Å². The first kappa shape index (κ1) is 17.5. The van der Waals surface area contributed by atoms with Crippen molar-refractivity contribution in [1.29, 1.82) is 0 Å². The summed E-state index contributed by atoms with van der Waals surface area (Å²) >= 11 is 3.08. The number of hydrogen-bond acceptors (Lipinski definition) is 6. The maximum Gasteiger partial charge on any atom is 0.230 e. The third-order valence-corrected chi connectivity index (χ3v) is 6.58. The van der Waals surface area contributed by atoms with Crippen LogP contribution in [-0.2, 0) is 17.6 Å². The second-order valence-corrected chi connectivity index (χ2v) is 8.70. The SMILES string of the molecule is CC(C)C(C)NC(=O)CSc1nc(N)c2c3c(sc2n1)CCCC3. The molecule has 130 valence electrons. The largest absolute Gasteiger partial charge is 0.383 e. The predicted octanol–water partition coefficient (Wildman–Crippen LogP) is 3.41. The van der Waals surface area contributed by atoms with E-state index >= 15 is 0 Å². The van der Waals surface area contributed by atoms with Crippen molar-refractivity contribution < 1.29 is 4.79 Å². The average molecular weight is 365 g/mol. The van der Waals surface area contributed by atoms with Crippen LogP contribution in [0, 0.1) is 5.92 Å². The van der Waals surface area contributed by atoms with Crippen LogP contribution in [0.2, 0.25) is 0 Å². The zero-order valence-electron chi connectivity index (χ0n) is 14.4. The van der Waals surface area contributed by atoms with Crippen LogP contribution in [0.1, 0.15) is 44.1 Å². The zero-order valence-corrected chi connectivity index (χ0v) is 16.0. The van der Waals surface area contributed by atoms with Gasteiger partial charge in [-0.1, -0.05) is 25.6 Å². The molecule has 3 rings (SSSR count). The number of fused-ring (bicyclic) bond motifs is 3. The summed E-state index contributed by atoms with van der Waals surface area (Å²) in [5.74, 6) is 1.29. The Morgan fingerprint density at radius 3 is 2.79 bits per heavy atom. The predicted molar refractivity (Wildman–Crippen MR) is 102 cm³/mol. The summed E-state index contributed by atoms with van der Waals surface area (Å²) in [6.07, 6.45) is 4.64. The quantitative estimate of drug-likeness (QED) is 0.628. The highest BCUT2D eigenvalue weighted by Crippen LogP contribution is 2.38. The van der Waals surface area contributed by atoms with Crippen LogP contribution in [0.15, 0.2) is 5.16 Å². The van der Waals surface area contributed by atoms with E-state index < -0.39 is 0 Å². The number of carbonyl (C=O) groups is 1. The number of anilines is 1. The monoisotopic (exact) mass is 364 g/mol. The van der Waals surface area contributed by atoms with E-state index in [0.717, 1.165) is 23.1 Å². The van der Waals surface area contributed by atoms with Crippen LogP contribution in [0.5, 0.6) is 0 Å². The number of nitrogen functional groups attached to an aromatic ring is 1. The molecule has 0 aliphatic heterocycles. The normalized spacial score (nSPS) is 15.5. The molecule has 2 aromatic heterocycles. The van der Waals surface area contributed by atoms with Crippen LogP contribution in [0.3, 0.4) is 0 Å². The van der Waals surface area contributed by atoms with Gasteiger partial charge in [-0.3, -0.25) is 4.79 Å². The van der Waals surface area contributed by atoms with E-state index in [4.69, 9.17) is 5.73 Å². The molecule has 1 aliphatic carbocycles. The van der Waals surface area contributed by atoms with Crippen LogP contribution in [0.4, 0.5) is 5.82 Å². The van der Waals surface area contributed by atoms with Crippen molar-refractivity contribution in [2.75, 3.05) is 11.5 Å². The van der Waals surface area contributed by atoms with Gasteiger partial charge in [0.2, 0.25) is 5.91 Å². The Hall–Kier alpha value is -1.34. The van der Waals surface area contributed by atoms with Crippen molar-refractivity contribution in [2.45, 2.75) is 57.7 Å². The zero-order chi connectivity index (χ0) is 17.3. The van der Waals surface area contributed by atoms with Crippen molar-refractivity contribution >= 4 is 45.0 Å². The number of thioether (sulfide) groups is 1. The molecule has 0 saturated carbocycles. The summed E-state index contributed by atoms with van der Waals surface area (Å²) in [6, 6.07) is 0.163. The summed E-state index contributed by atoms with van der Waals surface area (Å²) in [4.78, 5) is 23.5. The number of hydrogen-bond donors (Lipinski definition) is 2. The van der Waals surface area contributed by atoms with Gasteiger partial charge in [-0.15, -0.1) is 11.3 Å². The number of thiophene rings is 1. The fourth-order valence-corrected chi connectivity index (χ4v) is 4.81. The highest BCUT2D eigenvalue weighted by molar-refractivity contribution is 7.99. The van der Waals surface area contributed by atoms with E-state index in [9.17, 15) is 4.79 Å². The van der Waals surface area contributed by atoms with Crippen LogP contribution in [-0.4, -0.2) is 27.7 Å². The highest BCUT2D eigenvalue weighted by atomic mass is 32.2. The molecule has 2 aromatic rings. The highest BCUT2D eigenvalue weighted by Gasteiger charge is 2.20. The maximum atomic E-state index is 12.0. The molecule has 1 amide bonds. The molecule has 0 bridgehead atoms. The fourth-order valence-electron chi connectivity index (χ4n) is 2.82. The van der Waals surface area contributed by atoms with Gasteiger partial charge in [-0.2, -0.15) is 0 Å². The Balaban J connectivity index is 1.73.